The summed E-state index contributed by atoms with van der Waals surface area (Å²) in [4.78, 5) is 0. The molecule has 7 heteroatoms. The maximum absolute atomic E-state index is 13.7. The van der Waals surface area contributed by atoms with Gasteiger partial charge in [-0.25, -0.2) is 8.78 Å². The number of alkyl halides is 1. The second kappa shape index (κ2) is 5.33. The predicted octanol–water partition coefficient (Wildman–Crippen LogP) is 1.97. The molecule has 2 atom stereocenters. The first-order valence-electron chi connectivity index (χ1n) is 7.35. The summed E-state index contributed by atoms with van der Waals surface area (Å²) >= 11 is 0. The van der Waals surface area contributed by atoms with Crippen molar-refractivity contribution in [1.82, 2.24) is 0 Å². The molecule has 0 aromatic heterocycles. The van der Waals surface area contributed by atoms with Gasteiger partial charge in [-0.15, -0.1) is 0 Å². The molecule has 0 N–H and O–H groups in total. The third-order valence-electron chi connectivity index (χ3n) is 4.32. The molecule has 0 saturated carbocycles. The Morgan fingerprint density at radius 3 is 2.86 bits per heavy atom. The van der Waals surface area contributed by atoms with Crippen molar-refractivity contribution in [1.29, 1.82) is 0 Å². The van der Waals surface area contributed by atoms with Gasteiger partial charge in [0.05, 0.1) is 13.2 Å². The van der Waals surface area contributed by atoms with Crippen LogP contribution < -0.4 is 5.46 Å². The van der Waals surface area contributed by atoms with E-state index in [-0.39, 0.29) is 11.7 Å². The summed E-state index contributed by atoms with van der Waals surface area (Å²) in [6, 6.07) is 4.51. The van der Waals surface area contributed by atoms with E-state index in [0.717, 1.165) is 22.1 Å². The number of fused-ring (bicyclic) bond motifs is 2. The first kappa shape index (κ1) is 14.2. The predicted molar refractivity (Wildman–Crippen MR) is 79.6 cm³/mol. The maximum atomic E-state index is 13.7. The molecule has 2 aliphatic heterocycles. The summed E-state index contributed by atoms with van der Waals surface area (Å²) in [5.74, 6) is -0.486. The van der Waals surface area contributed by atoms with Crippen LogP contribution in [0.25, 0.3) is 0 Å². The fraction of sp³-hybridized carbons (Fsp3) is 0.333. The minimum Gasteiger partial charge on any atom is -0.443 e. The molecule has 0 radical (unpaired) electrons. The van der Waals surface area contributed by atoms with Crippen LogP contribution in [-0.2, 0) is 20.5 Å². The van der Waals surface area contributed by atoms with Crippen LogP contribution in [0.15, 0.2) is 41.4 Å². The number of halogens is 2. The van der Waals surface area contributed by atoms with Gasteiger partial charge in [-0.2, -0.15) is 0 Å². The van der Waals surface area contributed by atoms with Crippen molar-refractivity contribution in [3.63, 3.8) is 0 Å². The van der Waals surface area contributed by atoms with Crippen molar-refractivity contribution in [2.75, 3.05) is 6.61 Å². The van der Waals surface area contributed by atoms with Crippen LogP contribution in [0.5, 0.6) is 0 Å². The van der Waals surface area contributed by atoms with Crippen molar-refractivity contribution in [2.24, 2.45) is 5.92 Å². The summed E-state index contributed by atoms with van der Waals surface area (Å²) in [7, 11) is -1.15. The topological polar surface area (TPSA) is 27.7 Å². The lowest BCUT2D eigenvalue weighted by Crippen LogP contribution is -2.39. The number of hydrogen-bond acceptors (Lipinski definition) is 3. The fourth-order valence-corrected chi connectivity index (χ4v) is 3.06. The Morgan fingerprint density at radius 2 is 2.00 bits per heavy atom. The van der Waals surface area contributed by atoms with E-state index in [1.165, 1.54) is 12.1 Å². The lowest BCUT2D eigenvalue weighted by atomic mass is 9.68. The number of allylic oxidation sites excluding steroid dienone is 2. The first-order valence-corrected chi connectivity index (χ1v) is 7.35. The van der Waals surface area contributed by atoms with Gasteiger partial charge in [0.1, 0.15) is 12.0 Å². The molecule has 2 unspecified atom stereocenters. The Bertz CT molecular complexity index is 677. The summed E-state index contributed by atoms with van der Waals surface area (Å²) < 4.78 is 44.0. The molecule has 3 nitrogen and oxygen atoms in total. The Kier molecular flexibility index (Phi) is 3.44. The van der Waals surface area contributed by atoms with E-state index < -0.39 is 20.4 Å². The van der Waals surface area contributed by atoms with E-state index in [2.05, 4.69) is 0 Å². The molecule has 1 aliphatic carbocycles. The average molecular weight is 302 g/mol. The zero-order chi connectivity index (χ0) is 15.3. The van der Waals surface area contributed by atoms with E-state index in [1.54, 1.807) is 12.1 Å². The summed E-state index contributed by atoms with van der Waals surface area (Å²) in [6.45, 7) is 2.48. The average Bonchev–Trinajstić information content (AvgIpc) is 3.05. The third-order valence-corrected chi connectivity index (χ3v) is 4.32. The Labute approximate surface area is 128 Å². The largest absolute Gasteiger partial charge is 0.481 e. The van der Waals surface area contributed by atoms with Gasteiger partial charge in [0.25, 0.3) is 0 Å². The quantitative estimate of drug-likeness (QED) is 0.782. The highest BCUT2D eigenvalue weighted by Gasteiger charge is 2.42. The van der Waals surface area contributed by atoms with Gasteiger partial charge in [0.2, 0.25) is 0 Å². The molecule has 1 aromatic carbocycles. The molecule has 1 saturated heterocycles. The van der Waals surface area contributed by atoms with Crippen molar-refractivity contribution in [3.05, 3.63) is 52.8 Å². The summed E-state index contributed by atoms with van der Waals surface area (Å²) in [6.07, 6.45) is 2.48. The van der Waals surface area contributed by atoms with Crippen molar-refractivity contribution in [2.45, 2.75) is 19.7 Å². The van der Waals surface area contributed by atoms with Crippen LogP contribution in [0.2, 0.25) is 0 Å². The summed E-state index contributed by atoms with van der Waals surface area (Å²) in [5.41, 5.74) is 3.32. The molecule has 4 rings (SSSR count). The molecule has 0 bridgehead atoms. The highest BCUT2D eigenvalue weighted by molar-refractivity contribution is 6.73. The highest BCUT2D eigenvalue weighted by Crippen LogP contribution is 2.32. The Morgan fingerprint density at radius 1 is 1.18 bits per heavy atom. The molecule has 3 aliphatic rings. The van der Waals surface area contributed by atoms with Gasteiger partial charge >= 0.3 is 14.2 Å². The Balaban J connectivity index is 1.54. The van der Waals surface area contributed by atoms with E-state index in [9.17, 15) is 8.78 Å². The molecule has 1 fully saturated rings. The molecule has 0 spiro atoms. The molecule has 2 heterocycles. The zero-order valence-electron chi connectivity index (χ0n) is 12.1. The maximum Gasteiger partial charge on any atom is 0.481 e. The smallest absolute Gasteiger partial charge is 0.443 e. The molecule has 0 amide bonds. The monoisotopic (exact) mass is 302 g/mol. The van der Waals surface area contributed by atoms with E-state index >= 15 is 0 Å². The van der Waals surface area contributed by atoms with E-state index in [4.69, 9.17) is 13.9 Å². The van der Waals surface area contributed by atoms with Gasteiger partial charge in [-0.3, -0.25) is 0 Å². The molecule has 22 heavy (non-hydrogen) atoms. The van der Waals surface area contributed by atoms with Crippen LogP contribution in [0.4, 0.5) is 8.78 Å². The minimum absolute atomic E-state index is 0.197. The van der Waals surface area contributed by atoms with Crippen molar-refractivity contribution < 1.29 is 22.7 Å². The number of rotatable bonds is 2. The molecule has 1 aromatic rings. The van der Waals surface area contributed by atoms with Crippen LogP contribution in [0.1, 0.15) is 12.5 Å². The van der Waals surface area contributed by atoms with Crippen LogP contribution in [-0.4, -0.2) is 27.0 Å². The van der Waals surface area contributed by atoms with Gasteiger partial charge in [-0.1, -0.05) is 19.1 Å². The van der Waals surface area contributed by atoms with Crippen LogP contribution in [0.3, 0.4) is 0 Å². The van der Waals surface area contributed by atoms with Gasteiger partial charge in [0.15, 0.2) is 0 Å². The molecular formula is C15H14B2F2O3. The number of benzene rings is 1. The summed E-state index contributed by atoms with van der Waals surface area (Å²) in [5, 5.41) is 0. The lowest BCUT2D eigenvalue weighted by Gasteiger charge is -2.19. The van der Waals surface area contributed by atoms with Crippen LogP contribution >= 0.6 is 0 Å². The van der Waals surface area contributed by atoms with Crippen molar-refractivity contribution in [3.8, 4) is 0 Å². The first-order chi connectivity index (χ1) is 10.6. The van der Waals surface area contributed by atoms with E-state index in [0.29, 0.717) is 13.2 Å². The lowest BCUT2D eigenvalue weighted by molar-refractivity contribution is 0.253. The van der Waals surface area contributed by atoms with Crippen molar-refractivity contribution >= 4 is 19.7 Å². The molecule has 112 valence electrons. The normalized spacial score (nSPS) is 26.7. The second-order valence-corrected chi connectivity index (χ2v) is 5.88. The van der Waals surface area contributed by atoms with E-state index in [1.807, 2.05) is 13.0 Å². The van der Waals surface area contributed by atoms with Crippen LogP contribution in [0, 0.1) is 11.7 Å². The fourth-order valence-electron chi connectivity index (χ4n) is 3.06. The SMILES string of the molecule is CC1C=C2B(OB3OCc4cc(F)ccc43)OCC2=CC1F. The standard InChI is InChI=1S/C15H14B2F2O3/c1-9-4-14-11(6-15(9)19)8-21-17(14)22-16-13-3-2-12(18)5-10(13)7-20-16/h2-6,9,15H,7-8H2,1H3. The third kappa shape index (κ3) is 2.33. The highest BCUT2D eigenvalue weighted by atomic mass is 19.1. The number of hydrogen-bond donors (Lipinski definition) is 0. The minimum atomic E-state index is -0.979. The van der Waals surface area contributed by atoms with Gasteiger partial charge < -0.3 is 13.9 Å². The van der Waals surface area contributed by atoms with Gasteiger partial charge in [0, 0.05) is 5.92 Å². The zero-order valence-corrected chi connectivity index (χ0v) is 12.1. The Hall–Kier alpha value is -1.43. The molecular weight excluding hydrogens is 288 g/mol. The van der Waals surface area contributed by atoms with Gasteiger partial charge in [-0.05, 0) is 40.3 Å². The second-order valence-electron chi connectivity index (χ2n) is 5.88.